The Morgan fingerprint density at radius 2 is 1.85 bits per heavy atom. The molecule has 1 N–H and O–H groups in total. The second-order valence-corrected chi connectivity index (χ2v) is 6.00. The van der Waals surface area contributed by atoms with Crippen LogP contribution in [-0.2, 0) is 11.3 Å². The smallest absolute Gasteiger partial charge is 0.158 e. The van der Waals surface area contributed by atoms with Gasteiger partial charge in [0, 0.05) is 33.3 Å². The maximum Gasteiger partial charge on any atom is 0.158 e. The highest BCUT2D eigenvalue weighted by Gasteiger charge is 2.30. The standard InChI is InChI=1S/C15H24N4O/c1-16-13-7-15(18-14(17-13)10-20-2)19(8-11-3-4-11)9-12-5-6-12/h7,11-12H,3-6,8-10H2,1-2H3,(H,16,17,18). The van der Waals surface area contributed by atoms with E-state index in [0.29, 0.717) is 6.61 Å². The van der Waals surface area contributed by atoms with E-state index in [9.17, 15) is 0 Å². The van der Waals surface area contributed by atoms with Crippen LogP contribution < -0.4 is 10.2 Å². The Balaban J connectivity index is 1.80. The van der Waals surface area contributed by atoms with Crippen LogP contribution in [0, 0.1) is 11.8 Å². The van der Waals surface area contributed by atoms with E-state index in [1.807, 2.05) is 7.05 Å². The summed E-state index contributed by atoms with van der Waals surface area (Å²) < 4.78 is 5.18. The Bertz CT molecular complexity index is 443. The highest BCUT2D eigenvalue weighted by Crippen LogP contribution is 2.35. The summed E-state index contributed by atoms with van der Waals surface area (Å²) >= 11 is 0. The van der Waals surface area contributed by atoms with Crippen molar-refractivity contribution in [1.82, 2.24) is 9.97 Å². The first-order valence-corrected chi connectivity index (χ1v) is 7.58. The molecule has 2 fully saturated rings. The van der Waals surface area contributed by atoms with E-state index in [0.717, 1.165) is 42.4 Å². The highest BCUT2D eigenvalue weighted by molar-refractivity contribution is 5.49. The molecular formula is C15H24N4O. The largest absolute Gasteiger partial charge is 0.377 e. The van der Waals surface area contributed by atoms with Gasteiger partial charge in [-0.15, -0.1) is 0 Å². The summed E-state index contributed by atoms with van der Waals surface area (Å²) in [6.07, 6.45) is 5.48. The average molecular weight is 276 g/mol. The lowest BCUT2D eigenvalue weighted by Crippen LogP contribution is -2.29. The number of anilines is 2. The van der Waals surface area contributed by atoms with E-state index < -0.39 is 0 Å². The molecule has 0 bridgehead atoms. The third kappa shape index (κ3) is 3.60. The SMILES string of the molecule is CNc1cc(N(CC2CC2)CC2CC2)nc(COC)n1. The highest BCUT2D eigenvalue weighted by atomic mass is 16.5. The van der Waals surface area contributed by atoms with Crippen molar-refractivity contribution in [3.8, 4) is 0 Å². The normalized spacial score (nSPS) is 18.1. The molecule has 0 amide bonds. The Morgan fingerprint density at radius 3 is 2.35 bits per heavy atom. The van der Waals surface area contributed by atoms with Crippen LogP contribution in [0.3, 0.4) is 0 Å². The zero-order valence-corrected chi connectivity index (χ0v) is 12.4. The molecule has 5 nitrogen and oxygen atoms in total. The quantitative estimate of drug-likeness (QED) is 0.789. The molecule has 0 unspecified atom stereocenters. The van der Waals surface area contributed by atoms with Crippen LogP contribution in [0.2, 0.25) is 0 Å². The minimum Gasteiger partial charge on any atom is -0.377 e. The fraction of sp³-hybridized carbons (Fsp3) is 0.733. The van der Waals surface area contributed by atoms with Gasteiger partial charge in [0.25, 0.3) is 0 Å². The molecule has 110 valence electrons. The van der Waals surface area contributed by atoms with Crippen LogP contribution in [-0.4, -0.2) is 37.2 Å². The van der Waals surface area contributed by atoms with Gasteiger partial charge in [0.05, 0.1) is 0 Å². The van der Waals surface area contributed by atoms with Crippen LogP contribution >= 0.6 is 0 Å². The zero-order chi connectivity index (χ0) is 13.9. The summed E-state index contributed by atoms with van der Waals surface area (Å²) in [6.45, 7) is 2.75. The molecule has 0 spiro atoms. The lowest BCUT2D eigenvalue weighted by Gasteiger charge is -2.24. The van der Waals surface area contributed by atoms with Crippen molar-refractivity contribution in [3.63, 3.8) is 0 Å². The molecule has 0 radical (unpaired) electrons. The number of aromatic nitrogens is 2. The van der Waals surface area contributed by atoms with Crippen LogP contribution in [0.25, 0.3) is 0 Å². The Hall–Kier alpha value is -1.36. The van der Waals surface area contributed by atoms with E-state index >= 15 is 0 Å². The second kappa shape index (κ2) is 5.95. The summed E-state index contributed by atoms with van der Waals surface area (Å²) in [4.78, 5) is 11.6. The first-order valence-electron chi connectivity index (χ1n) is 7.58. The summed E-state index contributed by atoms with van der Waals surface area (Å²) in [6, 6.07) is 2.06. The van der Waals surface area contributed by atoms with Gasteiger partial charge in [-0.05, 0) is 37.5 Å². The minimum atomic E-state index is 0.462. The summed E-state index contributed by atoms with van der Waals surface area (Å²) in [7, 11) is 3.58. The van der Waals surface area contributed by atoms with Gasteiger partial charge in [0.2, 0.25) is 0 Å². The topological polar surface area (TPSA) is 50.3 Å². The van der Waals surface area contributed by atoms with Crippen LogP contribution in [0.15, 0.2) is 6.07 Å². The lowest BCUT2D eigenvalue weighted by molar-refractivity contribution is 0.178. The monoisotopic (exact) mass is 276 g/mol. The van der Waals surface area contributed by atoms with E-state index in [1.54, 1.807) is 7.11 Å². The number of methoxy groups -OCH3 is 1. The number of nitrogens with zero attached hydrogens (tertiary/aromatic N) is 3. The molecule has 0 aromatic carbocycles. The third-order valence-electron chi connectivity index (χ3n) is 3.96. The van der Waals surface area contributed by atoms with Crippen molar-refractivity contribution < 1.29 is 4.74 Å². The molecule has 2 saturated carbocycles. The van der Waals surface area contributed by atoms with Gasteiger partial charge in [-0.3, -0.25) is 0 Å². The molecule has 0 atom stereocenters. The first kappa shape index (κ1) is 13.6. The van der Waals surface area contributed by atoms with Crippen LogP contribution in [0.1, 0.15) is 31.5 Å². The third-order valence-corrected chi connectivity index (χ3v) is 3.96. The Morgan fingerprint density at radius 1 is 1.20 bits per heavy atom. The van der Waals surface area contributed by atoms with Gasteiger partial charge in [-0.1, -0.05) is 0 Å². The maximum atomic E-state index is 5.18. The summed E-state index contributed by atoms with van der Waals surface area (Å²) in [5, 5.41) is 3.13. The van der Waals surface area contributed by atoms with E-state index in [4.69, 9.17) is 4.74 Å². The second-order valence-electron chi connectivity index (χ2n) is 6.00. The molecule has 5 heteroatoms. The van der Waals surface area contributed by atoms with Gasteiger partial charge in [-0.25, -0.2) is 9.97 Å². The number of hydrogen-bond donors (Lipinski definition) is 1. The predicted molar refractivity (Wildman–Crippen MR) is 80.0 cm³/mol. The zero-order valence-electron chi connectivity index (χ0n) is 12.4. The Labute approximate surface area is 120 Å². The average Bonchev–Trinajstić information content (AvgIpc) is 3.33. The number of ether oxygens (including phenoxy) is 1. The molecule has 0 saturated heterocycles. The van der Waals surface area contributed by atoms with Gasteiger partial charge >= 0.3 is 0 Å². The molecule has 2 aliphatic rings. The van der Waals surface area contributed by atoms with Crippen molar-refractivity contribution >= 4 is 11.6 Å². The number of rotatable bonds is 8. The van der Waals surface area contributed by atoms with Crippen molar-refractivity contribution in [2.45, 2.75) is 32.3 Å². The molecule has 1 aromatic heterocycles. The number of nitrogens with one attached hydrogen (secondary N) is 1. The lowest BCUT2D eigenvalue weighted by atomic mass is 10.3. The number of hydrogen-bond acceptors (Lipinski definition) is 5. The molecule has 2 aliphatic carbocycles. The van der Waals surface area contributed by atoms with Gasteiger partial charge in [-0.2, -0.15) is 0 Å². The van der Waals surface area contributed by atoms with Crippen LogP contribution in [0.5, 0.6) is 0 Å². The fourth-order valence-corrected chi connectivity index (χ4v) is 2.45. The van der Waals surface area contributed by atoms with Gasteiger partial charge < -0.3 is 15.0 Å². The van der Waals surface area contributed by atoms with Crippen molar-refractivity contribution in [2.24, 2.45) is 11.8 Å². The van der Waals surface area contributed by atoms with Crippen molar-refractivity contribution in [3.05, 3.63) is 11.9 Å². The molecule has 20 heavy (non-hydrogen) atoms. The first-order chi connectivity index (χ1) is 9.78. The van der Waals surface area contributed by atoms with E-state index in [1.165, 1.54) is 25.7 Å². The van der Waals surface area contributed by atoms with Crippen molar-refractivity contribution in [1.29, 1.82) is 0 Å². The Kier molecular flexibility index (Phi) is 4.05. The molecule has 3 rings (SSSR count). The van der Waals surface area contributed by atoms with E-state index in [2.05, 4.69) is 26.3 Å². The summed E-state index contributed by atoms with van der Waals surface area (Å²) in [5.74, 6) is 4.42. The van der Waals surface area contributed by atoms with Gasteiger partial charge in [0.15, 0.2) is 5.82 Å². The van der Waals surface area contributed by atoms with E-state index in [-0.39, 0.29) is 0 Å². The predicted octanol–water partition coefficient (Wildman–Crippen LogP) is 2.29. The van der Waals surface area contributed by atoms with Crippen LogP contribution in [0.4, 0.5) is 11.6 Å². The minimum absolute atomic E-state index is 0.462. The molecule has 1 aromatic rings. The molecule has 0 aliphatic heterocycles. The molecular weight excluding hydrogens is 252 g/mol. The summed E-state index contributed by atoms with van der Waals surface area (Å²) in [5.41, 5.74) is 0. The fourth-order valence-electron chi connectivity index (χ4n) is 2.45. The molecule has 1 heterocycles. The van der Waals surface area contributed by atoms with Crippen molar-refractivity contribution in [2.75, 3.05) is 37.5 Å². The van der Waals surface area contributed by atoms with Gasteiger partial charge in [0.1, 0.15) is 18.2 Å². The maximum absolute atomic E-state index is 5.18.